The van der Waals surface area contributed by atoms with Crippen LogP contribution in [-0.4, -0.2) is 46.4 Å². The Kier molecular flexibility index (Phi) is 11.6. The molecular weight excluding hydrogens is 340 g/mol. The van der Waals surface area contributed by atoms with Crippen molar-refractivity contribution in [1.82, 2.24) is 0 Å². The lowest BCUT2D eigenvalue weighted by atomic mass is 10.0. The second-order valence-electron chi connectivity index (χ2n) is 7.21. The molecule has 7 heteroatoms. The molecule has 0 saturated heterocycles. The molecule has 0 spiro atoms. The number of aliphatic hydroxyl groups excluding tert-OH is 1. The van der Waals surface area contributed by atoms with Crippen LogP contribution in [0, 0.1) is 0 Å². The minimum absolute atomic E-state index is 0.00928. The zero-order valence-electron chi connectivity index (χ0n) is 16.0. The van der Waals surface area contributed by atoms with Crippen molar-refractivity contribution < 1.29 is 33.8 Å². The monoisotopic (exact) mass is 370 g/mol. The van der Waals surface area contributed by atoms with E-state index >= 15 is 0 Å². The molecule has 0 radical (unpaired) electrons. The normalized spacial score (nSPS) is 11.1. The van der Waals surface area contributed by atoms with Crippen molar-refractivity contribution >= 4 is 29.1 Å². The number of hydrogen-bond acceptors (Lipinski definition) is 7. The van der Waals surface area contributed by atoms with Crippen LogP contribution in [0.3, 0.4) is 0 Å². The SMILES string of the molecule is CC(C)(C)OC(=O)CCC(=O)CCC(=O)CCC(=O)CCC(=O)CCO. The molecule has 0 rings (SSSR count). The van der Waals surface area contributed by atoms with Gasteiger partial charge in [0, 0.05) is 58.0 Å². The molecule has 0 unspecified atom stereocenters. The molecule has 0 saturated carbocycles. The number of hydrogen-bond donors (Lipinski definition) is 1. The summed E-state index contributed by atoms with van der Waals surface area (Å²) >= 11 is 0. The number of ketones is 4. The van der Waals surface area contributed by atoms with Crippen LogP contribution in [0.5, 0.6) is 0 Å². The Morgan fingerprint density at radius 3 is 1.23 bits per heavy atom. The smallest absolute Gasteiger partial charge is 0.306 e. The van der Waals surface area contributed by atoms with Crippen LogP contribution in [0.2, 0.25) is 0 Å². The molecule has 0 fully saturated rings. The lowest BCUT2D eigenvalue weighted by Crippen LogP contribution is -2.24. The van der Waals surface area contributed by atoms with Crippen molar-refractivity contribution in [1.29, 1.82) is 0 Å². The van der Waals surface area contributed by atoms with Crippen molar-refractivity contribution in [3.63, 3.8) is 0 Å². The van der Waals surface area contributed by atoms with Crippen LogP contribution in [0.4, 0.5) is 0 Å². The van der Waals surface area contributed by atoms with E-state index in [1.807, 2.05) is 0 Å². The predicted molar refractivity (Wildman–Crippen MR) is 94.5 cm³/mol. The predicted octanol–water partition coefficient (Wildman–Crippen LogP) is 2.11. The molecule has 148 valence electrons. The molecule has 0 bridgehead atoms. The fraction of sp³-hybridized carbons (Fsp3) is 0.737. The number of esters is 1. The summed E-state index contributed by atoms with van der Waals surface area (Å²) in [6.45, 7) is 5.01. The van der Waals surface area contributed by atoms with Gasteiger partial charge in [0.05, 0.1) is 6.42 Å². The van der Waals surface area contributed by atoms with Crippen molar-refractivity contribution in [2.75, 3.05) is 6.61 Å². The first-order valence-corrected chi connectivity index (χ1v) is 8.93. The maximum atomic E-state index is 11.7. The van der Waals surface area contributed by atoms with Crippen LogP contribution in [0.1, 0.15) is 78.6 Å². The highest BCUT2D eigenvalue weighted by atomic mass is 16.6. The van der Waals surface area contributed by atoms with Crippen molar-refractivity contribution in [2.24, 2.45) is 0 Å². The molecule has 0 aromatic heterocycles. The first-order valence-electron chi connectivity index (χ1n) is 8.93. The largest absolute Gasteiger partial charge is 0.460 e. The highest BCUT2D eigenvalue weighted by molar-refractivity contribution is 5.91. The molecule has 26 heavy (non-hydrogen) atoms. The van der Waals surface area contributed by atoms with Gasteiger partial charge in [-0.15, -0.1) is 0 Å². The highest BCUT2D eigenvalue weighted by Crippen LogP contribution is 2.11. The van der Waals surface area contributed by atoms with Gasteiger partial charge in [0.2, 0.25) is 0 Å². The Morgan fingerprint density at radius 1 is 0.615 bits per heavy atom. The molecule has 0 aromatic carbocycles. The molecule has 0 amide bonds. The van der Waals surface area contributed by atoms with Gasteiger partial charge in [0.1, 0.15) is 28.7 Å². The van der Waals surface area contributed by atoms with E-state index in [-0.39, 0.29) is 87.5 Å². The van der Waals surface area contributed by atoms with E-state index < -0.39 is 11.6 Å². The third-order valence-electron chi connectivity index (χ3n) is 3.47. The highest BCUT2D eigenvalue weighted by Gasteiger charge is 2.17. The Balaban J connectivity index is 3.87. The summed E-state index contributed by atoms with van der Waals surface area (Å²) in [4.78, 5) is 57.7. The van der Waals surface area contributed by atoms with Crippen LogP contribution >= 0.6 is 0 Å². The average molecular weight is 370 g/mol. The molecule has 7 nitrogen and oxygen atoms in total. The molecule has 0 aliphatic carbocycles. The fourth-order valence-electron chi connectivity index (χ4n) is 2.10. The lowest BCUT2D eigenvalue weighted by Gasteiger charge is -2.19. The minimum Gasteiger partial charge on any atom is -0.460 e. The van der Waals surface area contributed by atoms with Crippen LogP contribution in [-0.2, 0) is 28.7 Å². The molecule has 0 aliphatic rings. The van der Waals surface area contributed by atoms with Crippen LogP contribution in [0.25, 0.3) is 0 Å². The lowest BCUT2D eigenvalue weighted by molar-refractivity contribution is -0.155. The van der Waals surface area contributed by atoms with Gasteiger partial charge in [-0.3, -0.25) is 24.0 Å². The number of carbonyl (C=O) groups excluding carboxylic acids is 5. The van der Waals surface area contributed by atoms with Crippen molar-refractivity contribution in [3.8, 4) is 0 Å². The number of ether oxygens (including phenoxy) is 1. The topological polar surface area (TPSA) is 115 Å². The van der Waals surface area contributed by atoms with E-state index in [1.54, 1.807) is 20.8 Å². The maximum Gasteiger partial charge on any atom is 0.306 e. The molecule has 0 heterocycles. The first kappa shape index (κ1) is 24.1. The van der Waals surface area contributed by atoms with Gasteiger partial charge >= 0.3 is 5.97 Å². The number of aliphatic hydroxyl groups is 1. The first-order chi connectivity index (χ1) is 12.0. The zero-order valence-corrected chi connectivity index (χ0v) is 16.0. The standard InChI is InChI=1S/C19H30O7/c1-19(2,3)26-18(25)11-10-16(23)7-6-14(21)4-5-15(22)8-9-17(24)12-13-20/h20H,4-13H2,1-3H3. The van der Waals surface area contributed by atoms with Gasteiger partial charge in [-0.05, 0) is 20.8 Å². The second kappa shape index (κ2) is 12.5. The quantitative estimate of drug-likeness (QED) is 0.466. The third-order valence-corrected chi connectivity index (χ3v) is 3.47. The van der Waals surface area contributed by atoms with Crippen molar-refractivity contribution in [3.05, 3.63) is 0 Å². The minimum atomic E-state index is -0.592. The molecular formula is C19H30O7. The molecule has 0 atom stereocenters. The second-order valence-corrected chi connectivity index (χ2v) is 7.21. The van der Waals surface area contributed by atoms with Crippen LogP contribution in [0.15, 0.2) is 0 Å². The summed E-state index contributed by atoms with van der Waals surface area (Å²) in [5, 5.41) is 8.60. The van der Waals surface area contributed by atoms with Gasteiger partial charge < -0.3 is 9.84 Å². The fourth-order valence-corrected chi connectivity index (χ4v) is 2.10. The summed E-state index contributed by atoms with van der Waals surface area (Å²) in [6.07, 6.45) is 0.409. The molecule has 0 aliphatic heterocycles. The summed E-state index contributed by atoms with van der Waals surface area (Å²) in [5.41, 5.74) is -0.592. The van der Waals surface area contributed by atoms with Gasteiger partial charge in [-0.25, -0.2) is 0 Å². The van der Waals surface area contributed by atoms with Gasteiger partial charge in [-0.1, -0.05) is 0 Å². The summed E-state index contributed by atoms with van der Waals surface area (Å²) in [7, 11) is 0. The van der Waals surface area contributed by atoms with E-state index in [4.69, 9.17) is 9.84 Å². The number of carbonyl (C=O) groups is 5. The number of rotatable bonds is 14. The zero-order chi connectivity index (χ0) is 20.2. The summed E-state index contributed by atoms with van der Waals surface area (Å²) in [6, 6.07) is 0. The average Bonchev–Trinajstić information content (AvgIpc) is 2.53. The maximum absolute atomic E-state index is 11.7. The van der Waals surface area contributed by atoms with E-state index in [9.17, 15) is 24.0 Å². The Bertz CT molecular complexity index is 514. The Morgan fingerprint density at radius 2 is 0.923 bits per heavy atom. The van der Waals surface area contributed by atoms with Crippen LogP contribution < -0.4 is 0 Å². The van der Waals surface area contributed by atoms with E-state index in [1.165, 1.54) is 0 Å². The Hall–Kier alpha value is -1.89. The van der Waals surface area contributed by atoms with E-state index in [2.05, 4.69) is 0 Å². The Labute approximate surface area is 154 Å². The summed E-state index contributed by atoms with van der Waals surface area (Å²) < 4.78 is 5.10. The van der Waals surface area contributed by atoms with Crippen molar-refractivity contribution in [2.45, 2.75) is 84.2 Å². The van der Waals surface area contributed by atoms with E-state index in [0.29, 0.717) is 0 Å². The van der Waals surface area contributed by atoms with Gasteiger partial charge in [0.15, 0.2) is 0 Å². The molecule has 0 aromatic rings. The van der Waals surface area contributed by atoms with Gasteiger partial charge in [0.25, 0.3) is 0 Å². The molecule has 1 N–H and O–H groups in total. The van der Waals surface area contributed by atoms with E-state index in [0.717, 1.165) is 0 Å². The third kappa shape index (κ3) is 14.5. The number of Topliss-reactive ketones (excluding diaryl/α,β-unsaturated/α-hetero) is 4. The summed E-state index contributed by atoms with van der Waals surface area (Å²) in [5.74, 6) is -1.18. The van der Waals surface area contributed by atoms with Gasteiger partial charge in [-0.2, -0.15) is 0 Å².